The van der Waals surface area contributed by atoms with E-state index < -0.39 is 0 Å². The van der Waals surface area contributed by atoms with E-state index in [0.29, 0.717) is 5.82 Å². The van der Waals surface area contributed by atoms with E-state index in [-0.39, 0.29) is 0 Å². The molecule has 1 aromatic heterocycles. The SMILES string of the molecule is COCCCSc1cc(NN)nc(SC)n1. The number of nitrogens with one attached hydrogen (secondary N) is 1. The summed E-state index contributed by atoms with van der Waals surface area (Å²) in [5, 5.41) is 1.66. The molecule has 0 unspecified atom stereocenters. The van der Waals surface area contributed by atoms with Crippen molar-refractivity contribution in [3.05, 3.63) is 6.07 Å². The predicted molar refractivity (Wildman–Crippen MR) is 68.8 cm³/mol. The Kier molecular flexibility index (Phi) is 6.55. The van der Waals surface area contributed by atoms with Crippen molar-refractivity contribution in [2.24, 2.45) is 5.84 Å². The van der Waals surface area contributed by atoms with Crippen LogP contribution >= 0.6 is 23.5 Å². The summed E-state index contributed by atoms with van der Waals surface area (Å²) in [5.74, 6) is 6.96. The summed E-state index contributed by atoms with van der Waals surface area (Å²) in [4.78, 5) is 8.57. The van der Waals surface area contributed by atoms with Gasteiger partial charge < -0.3 is 10.2 Å². The lowest BCUT2D eigenvalue weighted by Gasteiger charge is -2.05. The molecular weight excluding hydrogens is 244 g/mol. The molecule has 0 radical (unpaired) electrons. The summed E-state index contributed by atoms with van der Waals surface area (Å²) in [6.07, 6.45) is 2.94. The van der Waals surface area contributed by atoms with Crippen LogP contribution in [0, 0.1) is 0 Å². The third-order valence-electron chi connectivity index (χ3n) is 1.76. The molecule has 0 aliphatic heterocycles. The number of thioether (sulfide) groups is 2. The number of aromatic nitrogens is 2. The third-order valence-corrected chi connectivity index (χ3v) is 3.30. The Hall–Kier alpha value is -0.500. The summed E-state index contributed by atoms with van der Waals surface area (Å²) in [6, 6.07) is 1.84. The number of nitrogen functional groups attached to an aromatic ring is 1. The molecule has 0 atom stereocenters. The van der Waals surface area contributed by atoms with Crippen LogP contribution < -0.4 is 11.3 Å². The van der Waals surface area contributed by atoms with Crippen LogP contribution in [0.5, 0.6) is 0 Å². The van der Waals surface area contributed by atoms with Crippen LogP contribution in [0.1, 0.15) is 6.42 Å². The number of methoxy groups -OCH3 is 1. The highest BCUT2D eigenvalue weighted by molar-refractivity contribution is 7.99. The molecule has 0 spiro atoms. The van der Waals surface area contributed by atoms with Crippen molar-refractivity contribution >= 4 is 29.3 Å². The molecule has 1 rings (SSSR count). The monoisotopic (exact) mass is 260 g/mol. The van der Waals surface area contributed by atoms with Crippen molar-refractivity contribution in [3.63, 3.8) is 0 Å². The van der Waals surface area contributed by atoms with Crippen LogP contribution in [-0.2, 0) is 4.74 Å². The Morgan fingerprint density at radius 2 is 2.31 bits per heavy atom. The van der Waals surface area contributed by atoms with E-state index in [9.17, 15) is 0 Å². The van der Waals surface area contributed by atoms with Crippen LogP contribution in [0.15, 0.2) is 16.2 Å². The molecule has 16 heavy (non-hydrogen) atoms. The molecule has 0 aromatic carbocycles. The smallest absolute Gasteiger partial charge is 0.190 e. The van der Waals surface area contributed by atoms with Gasteiger partial charge in [0, 0.05) is 25.5 Å². The van der Waals surface area contributed by atoms with Crippen molar-refractivity contribution < 1.29 is 4.74 Å². The Balaban J connectivity index is 2.57. The number of rotatable bonds is 7. The van der Waals surface area contributed by atoms with Crippen LogP contribution in [0.25, 0.3) is 0 Å². The maximum Gasteiger partial charge on any atom is 0.190 e. The minimum atomic E-state index is 0.647. The molecule has 1 aromatic rings. The number of nitrogens with zero attached hydrogens (tertiary/aromatic N) is 2. The fourth-order valence-electron chi connectivity index (χ4n) is 1.02. The van der Waals surface area contributed by atoms with Gasteiger partial charge in [-0.15, -0.1) is 11.8 Å². The quantitative estimate of drug-likeness (QED) is 0.193. The maximum atomic E-state index is 5.34. The Morgan fingerprint density at radius 3 is 2.94 bits per heavy atom. The first-order chi connectivity index (χ1) is 7.80. The van der Waals surface area contributed by atoms with Crippen LogP contribution in [0.2, 0.25) is 0 Å². The van der Waals surface area contributed by atoms with Gasteiger partial charge in [-0.25, -0.2) is 15.8 Å². The van der Waals surface area contributed by atoms with Crippen LogP contribution in [0.4, 0.5) is 5.82 Å². The molecule has 7 heteroatoms. The number of nitrogens with two attached hydrogens (primary N) is 1. The Morgan fingerprint density at radius 1 is 1.50 bits per heavy atom. The van der Waals surface area contributed by atoms with Crippen molar-refractivity contribution in [1.29, 1.82) is 0 Å². The highest BCUT2D eigenvalue weighted by Gasteiger charge is 2.03. The zero-order chi connectivity index (χ0) is 11.8. The van der Waals surface area contributed by atoms with Gasteiger partial charge in [-0.2, -0.15) is 0 Å². The minimum absolute atomic E-state index is 0.647. The zero-order valence-corrected chi connectivity index (χ0v) is 11.0. The minimum Gasteiger partial charge on any atom is -0.385 e. The van der Waals surface area contributed by atoms with Gasteiger partial charge in [0.25, 0.3) is 0 Å². The molecule has 0 aliphatic carbocycles. The topological polar surface area (TPSA) is 73.1 Å². The lowest BCUT2D eigenvalue weighted by molar-refractivity contribution is 0.200. The molecule has 0 aliphatic rings. The Bertz CT molecular complexity index is 302. The van der Waals surface area contributed by atoms with E-state index in [1.165, 1.54) is 11.8 Å². The second-order valence-corrected chi connectivity index (χ2v) is 4.81. The molecule has 90 valence electrons. The number of hydrogen-bond donors (Lipinski definition) is 2. The summed E-state index contributed by atoms with van der Waals surface area (Å²) in [5.41, 5.74) is 2.54. The lowest BCUT2D eigenvalue weighted by Crippen LogP contribution is -2.09. The Labute approximate surface area is 104 Å². The molecule has 0 bridgehead atoms. The van der Waals surface area contributed by atoms with Gasteiger partial charge in [-0.3, -0.25) is 0 Å². The van der Waals surface area contributed by atoms with E-state index in [0.717, 1.165) is 29.0 Å². The first-order valence-electron chi connectivity index (χ1n) is 4.81. The summed E-state index contributed by atoms with van der Waals surface area (Å²) >= 11 is 3.18. The van der Waals surface area contributed by atoms with Crippen molar-refractivity contribution in [2.45, 2.75) is 16.6 Å². The second kappa shape index (κ2) is 7.72. The second-order valence-electron chi connectivity index (χ2n) is 2.92. The van der Waals surface area contributed by atoms with Crippen molar-refractivity contribution in [2.75, 3.05) is 31.2 Å². The van der Waals surface area contributed by atoms with Gasteiger partial charge in [-0.05, 0) is 12.7 Å². The van der Waals surface area contributed by atoms with Crippen molar-refractivity contribution in [1.82, 2.24) is 9.97 Å². The number of ether oxygens (including phenoxy) is 1. The van der Waals surface area contributed by atoms with E-state index in [2.05, 4.69) is 15.4 Å². The fourth-order valence-corrected chi connectivity index (χ4v) is 2.28. The predicted octanol–water partition coefficient (Wildman–Crippen LogP) is 1.61. The van der Waals surface area contributed by atoms with Crippen LogP contribution in [0.3, 0.4) is 0 Å². The van der Waals surface area contributed by atoms with E-state index >= 15 is 0 Å². The fraction of sp³-hybridized carbons (Fsp3) is 0.556. The zero-order valence-electron chi connectivity index (χ0n) is 9.40. The first-order valence-corrected chi connectivity index (χ1v) is 7.02. The average molecular weight is 260 g/mol. The van der Waals surface area contributed by atoms with E-state index in [1.54, 1.807) is 18.9 Å². The standard InChI is InChI=1S/C9H16N4OS2/c1-14-4-3-5-16-8-6-7(13-10)11-9(12-8)15-2/h6H,3-5,10H2,1-2H3,(H,11,12,13). The van der Waals surface area contributed by atoms with Gasteiger partial charge in [0.15, 0.2) is 5.16 Å². The van der Waals surface area contributed by atoms with Gasteiger partial charge in [0.05, 0.1) is 0 Å². The average Bonchev–Trinajstić information content (AvgIpc) is 2.34. The molecule has 5 nitrogen and oxygen atoms in total. The summed E-state index contributed by atoms with van der Waals surface area (Å²) < 4.78 is 4.99. The number of hydrogen-bond acceptors (Lipinski definition) is 7. The number of hydrazine groups is 1. The maximum absolute atomic E-state index is 5.34. The van der Waals surface area contributed by atoms with Crippen molar-refractivity contribution in [3.8, 4) is 0 Å². The largest absolute Gasteiger partial charge is 0.385 e. The molecule has 0 amide bonds. The third kappa shape index (κ3) is 4.56. The highest BCUT2D eigenvalue weighted by Crippen LogP contribution is 2.22. The van der Waals surface area contributed by atoms with Gasteiger partial charge >= 0.3 is 0 Å². The molecular formula is C9H16N4OS2. The highest BCUT2D eigenvalue weighted by atomic mass is 32.2. The van der Waals surface area contributed by atoms with Gasteiger partial charge in [0.2, 0.25) is 0 Å². The van der Waals surface area contributed by atoms with Gasteiger partial charge in [0.1, 0.15) is 10.8 Å². The molecule has 0 saturated heterocycles. The summed E-state index contributed by atoms with van der Waals surface area (Å²) in [6.45, 7) is 0.773. The molecule has 3 N–H and O–H groups in total. The van der Waals surface area contributed by atoms with Gasteiger partial charge in [-0.1, -0.05) is 11.8 Å². The molecule has 0 saturated carbocycles. The van der Waals surface area contributed by atoms with E-state index in [1.807, 2.05) is 12.3 Å². The van der Waals surface area contributed by atoms with Crippen LogP contribution in [-0.4, -0.2) is 35.7 Å². The first kappa shape index (κ1) is 13.6. The lowest BCUT2D eigenvalue weighted by atomic mass is 10.5. The molecule has 1 heterocycles. The van der Waals surface area contributed by atoms with E-state index in [4.69, 9.17) is 10.6 Å². The summed E-state index contributed by atoms with van der Waals surface area (Å²) in [7, 11) is 1.71. The number of anilines is 1. The normalized spacial score (nSPS) is 10.4. The molecule has 0 fully saturated rings.